The predicted molar refractivity (Wildman–Crippen MR) is 29.1 cm³/mol. The Hall–Kier alpha value is -0.410. The Morgan fingerprint density at radius 3 is 2.12 bits per heavy atom. The zero-order chi connectivity index (χ0) is 6.57. The summed E-state index contributed by atoms with van der Waals surface area (Å²) in [6.45, 7) is -0.332. The van der Waals surface area contributed by atoms with Crippen LogP contribution in [0.25, 0.3) is 0 Å². The fraction of sp³-hybridized carbons (Fsp3) is 0.800. The van der Waals surface area contributed by atoms with Crippen molar-refractivity contribution in [2.24, 2.45) is 0 Å². The number of carbonyl (C=O) groups excluding carboxylic acids is 1. The van der Waals surface area contributed by atoms with Gasteiger partial charge < -0.3 is 4.90 Å². The number of carbonyl (C=O) groups is 1. The molecule has 0 aromatic carbocycles. The molecule has 0 spiro atoms. The van der Waals surface area contributed by atoms with Crippen LogP contribution in [0.3, 0.4) is 0 Å². The highest BCUT2D eigenvalue weighted by Gasteiger charge is 1.99. The molecule has 0 fully saturated rings. The van der Waals surface area contributed by atoms with Crippen molar-refractivity contribution in [3.8, 4) is 0 Å². The second-order valence-corrected chi connectivity index (χ2v) is 1.92. The predicted octanol–water partition coefficient (Wildman–Crippen LogP) is -0.452. The van der Waals surface area contributed by atoms with Gasteiger partial charge in [0.2, 0.25) is 0 Å². The third kappa shape index (κ3) is 3.77. The number of ketones is 1. The number of Topliss-reactive ketones (excluding diaryl/α,β-unsaturated/α-hetero) is 1. The largest absolute Gasteiger partial charge is 0.302 e. The van der Waals surface area contributed by atoms with Gasteiger partial charge in [-0.05, 0) is 14.1 Å². The maximum absolute atomic E-state index is 10.3. The molecule has 0 rings (SSSR count). The highest BCUT2D eigenvalue weighted by atomic mass is 16.3. The molecular weight excluding hydrogens is 106 g/mol. The van der Waals surface area contributed by atoms with E-state index in [9.17, 15) is 9.90 Å². The Balaban J connectivity index is 3.25. The molecule has 8 heavy (non-hydrogen) atoms. The standard InChI is InChI=1S/C5H10NO2/c1-6(2)3-5(8)4-7/h3-4H2,1-2H3. The smallest absolute Gasteiger partial charge is 0.175 e. The van der Waals surface area contributed by atoms with Crippen LogP contribution in [0.15, 0.2) is 0 Å². The Labute approximate surface area is 48.9 Å². The van der Waals surface area contributed by atoms with E-state index in [4.69, 9.17) is 0 Å². The van der Waals surface area contributed by atoms with Crippen molar-refractivity contribution < 1.29 is 9.90 Å². The van der Waals surface area contributed by atoms with Crippen molar-refractivity contribution in [3.63, 3.8) is 0 Å². The van der Waals surface area contributed by atoms with Gasteiger partial charge >= 0.3 is 0 Å². The molecule has 0 aromatic rings. The average Bonchev–Trinajstić information content (AvgIpc) is 1.65. The summed E-state index contributed by atoms with van der Waals surface area (Å²) in [5, 5.41) is 9.79. The van der Waals surface area contributed by atoms with Gasteiger partial charge in [-0.2, -0.15) is 0 Å². The first-order valence-corrected chi connectivity index (χ1v) is 2.41. The van der Waals surface area contributed by atoms with Crippen LogP contribution >= 0.6 is 0 Å². The van der Waals surface area contributed by atoms with Gasteiger partial charge in [-0.25, -0.2) is 5.11 Å². The maximum Gasteiger partial charge on any atom is 0.175 e. The molecule has 0 atom stereocenters. The summed E-state index contributed by atoms with van der Waals surface area (Å²) in [6.07, 6.45) is 0. The molecule has 0 aliphatic rings. The van der Waals surface area contributed by atoms with Crippen LogP contribution < -0.4 is 0 Å². The SMILES string of the molecule is CN(C)CC(=O)C[O]. The van der Waals surface area contributed by atoms with E-state index in [-0.39, 0.29) is 12.3 Å². The number of rotatable bonds is 3. The van der Waals surface area contributed by atoms with Crippen LogP contribution in [0, 0.1) is 0 Å². The molecule has 0 unspecified atom stereocenters. The molecule has 0 aliphatic carbocycles. The summed E-state index contributed by atoms with van der Waals surface area (Å²) in [6, 6.07) is 0. The fourth-order valence-electron chi connectivity index (χ4n) is 0.398. The second kappa shape index (κ2) is 3.57. The van der Waals surface area contributed by atoms with Crippen molar-refractivity contribution in [3.05, 3.63) is 0 Å². The molecule has 0 bridgehead atoms. The van der Waals surface area contributed by atoms with E-state index < -0.39 is 6.61 Å². The minimum absolute atomic E-state index is 0.255. The summed E-state index contributed by atoms with van der Waals surface area (Å²) in [7, 11) is 3.52. The molecule has 0 aliphatic heterocycles. The molecule has 47 valence electrons. The molecule has 0 heterocycles. The van der Waals surface area contributed by atoms with E-state index in [1.54, 1.807) is 19.0 Å². The van der Waals surface area contributed by atoms with Crippen molar-refractivity contribution >= 4 is 5.78 Å². The molecule has 0 amide bonds. The van der Waals surface area contributed by atoms with Crippen LogP contribution in [0.5, 0.6) is 0 Å². The van der Waals surface area contributed by atoms with Crippen molar-refractivity contribution in [1.82, 2.24) is 4.90 Å². The van der Waals surface area contributed by atoms with Crippen LogP contribution in [0.4, 0.5) is 0 Å². The van der Waals surface area contributed by atoms with Crippen LogP contribution in [0.2, 0.25) is 0 Å². The topological polar surface area (TPSA) is 40.2 Å². The minimum atomic E-state index is -0.599. The van der Waals surface area contributed by atoms with E-state index in [1.165, 1.54) is 0 Å². The second-order valence-electron chi connectivity index (χ2n) is 1.92. The lowest BCUT2D eigenvalue weighted by Crippen LogP contribution is -2.23. The van der Waals surface area contributed by atoms with E-state index in [1.807, 2.05) is 0 Å². The van der Waals surface area contributed by atoms with Gasteiger partial charge in [0.05, 0.1) is 6.54 Å². The normalized spacial score (nSPS) is 10.0. The van der Waals surface area contributed by atoms with E-state index in [2.05, 4.69) is 0 Å². The van der Waals surface area contributed by atoms with Gasteiger partial charge in [0.25, 0.3) is 0 Å². The number of hydrogen-bond acceptors (Lipinski definition) is 2. The molecule has 3 nitrogen and oxygen atoms in total. The number of likely N-dealkylation sites (N-methyl/N-ethyl adjacent to an activating group) is 1. The summed E-state index contributed by atoms with van der Waals surface area (Å²) < 4.78 is 0. The third-order valence-electron chi connectivity index (χ3n) is 0.654. The van der Waals surface area contributed by atoms with Crippen LogP contribution in [-0.4, -0.2) is 37.9 Å². The van der Waals surface area contributed by atoms with Gasteiger partial charge in [-0.3, -0.25) is 4.79 Å². The zero-order valence-electron chi connectivity index (χ0n) is 5.18. The fourth-order valence-corrected chi connectivity index (χ4v) is 0.398. The molecule has 0 saturated carbocycles. The summed E-state index contributed by atoms with van der Waals surface area (Å²) in [4.78, 5) is 11.9. The van der Waals surface area contributed by atoms with Crippen molar-refractivity contribution in [2.45, 2.75) is 0 Å². The quantitative estimate of drug-likeness (QED) is 0.501. The van der Waals surface area contributed by atoms with Gasteiger partial charge in [0.15, 0.2) is 5.78 Å². The summed E-state index contributed by atoms with van der Waals surface area (Å²) in [5.41, 5.74) is 0. The Kier molecular flexibility index (Phi) is 3.39. The highest BCUT2D eigenvalue weighted by Crippen LogP contribution is 1.74. The van der Waals surface area contributed by atoms with Gasteiger partial charge in [-0.15, -0.1) is 0 Å². The maximum atomic E-state index is 10.3. The molecular formula is C5H10NO2. The van der Waals surface area contributed by atoms with Gasteiger partial charge in [0, 0.05) is 0 Å². The zero-order valence-corrected chi connectivity index (χ0v) is 5.18. The molecule has 0 aromatic heterocycles. The van der Waals surface area contributed by atoms with E-state index in [0.29, 0.717) is 0 Å². The lowest BCUT2D eigenvalue weighted by atomic mass is 10.4. The minimum Gasteiger partial charge on any atom is -0.302 e. The number of nitrogens with zero attached hydrogens (tertiary/aromatic N) is 1. The highest BCUT2D eigenvalue weighted by molar-refractivity contribution is 5.81. The van der Waals surface area contributed by atoms with Crippen LogP contribution in [0.1, 0.15) is 0 Å². The number of hydrogen-bond donors (Lipinski definition) is 0. The molecule has 1 radical (unpaired) electrons. The molecule has 3 heteroatoms. The Morgan fingerprint density at radius 1 is 1.50 bits per heavy atom. The van der Waals surface area contributed by atoms with E-state index in [0.717, 1.165) is 0 Å². The van der Waals surface area contributed by atoms with Crippen molar-refractivity contribution in [2.75, 3.05) is 27.2 Å². The van der Waals surface area contributed by atoms with E-state index >= 15 is 0 Å². The Bertz CT molecular complexity index is 80.5. The van der Waals surface area contributed by atoms with Gasteiger partial charge in [0.1, 0.15) is 6.61 Å². The average molecular weight is 116 g/mol. The third-order valence-corrected chi connectivity index (χ3v) is 0.654. The monoisotopic (exact) mass is 116 g/mol. The van der Waals surface area contributed by atoms with Crippen LogP contribution in [-0.2, 0) is 9.90 Å². The van der Waals surface area contributed by atoms with Crippen molar-refractivity contribution in [1.29, 1.82) is 0 Å². The first kappa shape index (κ1) is 7.59. The molecule has 0 N–H and O–H groups in total. The molecule has 0 saturated heterocycles. The first-order chi connectivity index (χ1) is 3.66. The summed E-state index contributed by atoms with van der Waals surface area (Å²) >= 11 is 0. The lowest BCUT2D eigenvalue weighted by molar-refractivity contribution is -0.124. The first-order valence-electron chi connectivity index (χ1n) is 2.41. The van der Waals surface area contributed by atoms with Gasteiger partial charge in [-0.1, -0.05) is 0 Å². The Morgan fingerprint density at radius 2 is 2.00 bits per heavy atom. The summed E-state index contributed by atoms with van der Waals surface area (Å²) in [5.74, 6) is -0.255. The lowest BCUT2D eigenvalue weighted by Gasteiger charge is -2.04.